The van der Waals surface area contributed by atoms with E-state index in [1.807, 2.05) is 55.5 Å². The van der Waals surface area contributed by atoms with E-state index in [0.29, 0.717) is 23.6 Å². The summed E-state index contributed by atoms with van der Waals surface area (Å²) in [6.45, 7) is 2.55. The van der Waals surface area contributed by atoms with Crippen molar-refractivity contribution in [2.45, 2.75) is 6.92 Å². The van der Waals surface area contributed by atoms with Crippen LogP contribution in [0.4, 0.5) is 16.3 Å². The van der Waals surface area contributed by atoms with Gasteiger partial charge in [0.05, 0.1) is 5.69 Å². The van der Waals surface area contributed by atoms with E-state index in [0.717, 1.165) is 11.3 Å². The topological polar surface area (TPSA) is 79.3 Å². The molecule has 3 amide bonds. The van der Waals surface area contributed by atoms with Gasteiger partial charge in [-0.15, -0.1) is 0 Å². The molecule has 28 heavy (non-hydrogen) atoms. The highest BCUT2D eigenvalue weighted by Gasteiger charge is 2.12. The number of benzene rings is 2. The van der Waals surface area contributed by atoms with E-state index < -0.39 is 0 Å². The lowest BCUT2D eigenvalue weighted by Crippen LogP contribution is -2.30. The molecule has 0 saturated heterocycles. The number of nitrogens with one attached hydrogen (secondary N) is 2. The predicted octanol–water partition coefficient (Wildman–Crippen LogP) is 3.82. The number of anilines is 2. The zero-order valence-corrected chi connectivity index (χ0v) is 16.1. The zero-order chi connectivity index (χ0) is 20.1. The number of carbonyl (C=O) groups excluding carboxylic acids is 2. The minimum Gasteiger partial charge on any atom is -0.328 e. The highest BCUT2D eigenvalue weighted by molar-refractivity contribution is 6.04. The Hall–Kier alpha value is -3.61. The number of aryl methyl sites for hydroxylation is 1. The fourth-order valence-electron chi connectivity index (χ4n) is 2.59. The van der Waals surface area contributed by atoms with Crippen molar-refractivity contribution < 1.29 is 9.59 Å². The number of amides is 3. The van der Waals surface area contributed by atoms with Crippen molar-refractivity contribution in [3.8, 4) is 11.3 Å². The van der Waals surface area contributed by atoms with E-state index in [1.54, 1.807) is 35.8 Å². The third-order valence-electron chi connectivity index (χ3n) is 4.41. The second-order valence-electron chi connectivity index (χ2n) is 6.38. The molecule has 2 aromatic carbocycles. The molecule has 144 valence electrons. The summed E-state index contributed by atoms with van der Waals surface area (Å²) >= 11 is 0. The van der Waals surface area contributed by atoms with E-state index in [9.17, 15) is 9.59 Å². The molecule has 7 heteroatoms. The summed E-state index contributed by atoms with van der Waals surface area (Å²) in [5, 5.41) is 10.2. The van der Waals surface area contributed by atoms with Gasteiger partial charge in [-0.3, -0.25) is 9.48 Å². The number of rotatable bonds is 5. The number of carbonyl (C=O) groups is 2. The van der Waals surface area contributed by atoms with Gasteiger partial charge in [0.15, 0.2) is 0 Å². The summed E-state index contributed by atoms with van der Waals surface area (Å²) in [5.74, 6) is 0.416. The van der Waals surface area contributed by atoms with Crippen LogP contribution < -0.4 is 10.6 Å². The third-order valence-corrected chi connectivity index (χ3v) is 4.41. The molecule has 0 radical (unpaired) electrons. The molecule has 3 aromatic rings. The van der Waals surface area contributed by atoms with Gasteiger partial charge in [-0.2, -0.15) is 5.10 Å². The fourth-order valence-corrected chi connectivity index (χ4v) is 2.59. The summed E-state index contributed by atoms with van der Waals surface area (Å²) in [4.78, 5) is 25.9. The van der Waals surface area contributed by atoms with Crippen LogP contribution in [0.5, 0.6) is 0 Å². The first kappa shape index (κ1) is 19.2. The number of hydrogen-bond acceptors (Lipinski definition) is 3. The molecule has 0 bridgehead atoms. The Kier molecular flexibility index (Phi) is 5.74. The van der Waals surface area contributed by atoms with Crippen molar-refractivity contribution in [3.05, 3.63) is 66.2 Å². The zero-order valence-electron chi connectivity index (χ0n) is 16.1. The van der Waals surface area contributed by atoms with Crippen LogP contribution in [0, 0.1) is 0 Å². The summed E-state index contributed by atoms with van der Waals surface area (Å²) in [5.41, 5.74) is 2.91. The van der Waals surface area contributed by atoms with E-state index in [4.69, 9.17) is 0 Å². The summed E-state index contributed by atoms with van der Waals surface area (Å²) in [6.07, 6.45) is 0. The largest absolute Gasteiger partial charge is 0.328 e. The highest BCUT2D eigenvalue weighted by Crippen LogP contribution is 2.23. The van der Waals surface area contributed by atoms with Crippen LogP contribution >= 0.6 is 0 Å². The SMILES string of the molecule is CCN(C)C(=O)Nc1ccc(-c2cc(NC(=O)c3ccccc3)n(C)n2)cc1. The molecule has 1 aromatic heterocycles. The van der Waals surface area contributed by atoms with Gasteiger partial charge < -0.3 is 15.5 Å². The van der Waals surface area contributed by atoms with E-state index in [2.05, 4.69) is 15.7 Å². The first-order chi connectivity index (χ1) is 13.5. The summed E-state index contributed by atoms with van der Waals surface area (Å²) in [6, 6.07) is 18.1. The van der Waals surface area contributed by atoms with Gasteiger partial charge >= 0.3 is 6.03 Å². The van der Waals surface area contributed by atoms with Gasteiger partial charge in [-0.05, 0) is 31.2 Å². The van der Waals surface area contributed by atoms with Crippen LogP contribution in [0.2, 0.25) is 0 Å². The molecule has 0 aliphatic carbocycles. The lowest BCUT2D eigenvalue weighted by Gasteiger charge is -2.15. The molecule has 3 rings (SSSR count). The van der Waals surface area contributed by atoms with Crippen LogP contribution in [-0.2, 0) is 7.05 Å². The average molecular weight is 377 g/mol. The summed E-state index contributed by atoms with van der Waals surface area (Å²) in [7, 11) is 3.52. The predicted molar refractivity (Wildman–Crippen MR) is 110 cm³/mol. The van der Waals surface area contributed by atoms with E-state index >= 15 is 0 Å². The Morgan fingerprint density at radius 3 is 2.36 bits per heavy atom. The number of urea groups is 1. The molecule has 1 heterocycles. The second kappa shape index (κ2) is 8.39. The van der Waals surface area contributed by atoms with Crippen molar-refractivity contribution in [3.63, 3.8) is 0 Å². The molecule has 2 N–H and O–H groups in total. The smallest absolute Gasteiger partial charge is 0.321 e. The van der Waals surface area contributed by atoms with E-state index in [-0.39, 0.29) is 11.9 Å². The third kappa shape index (κ3) is 4.37. The van der Waals surface area contributed by atoms with Gasteiger partial charge in [-0.1, -0.05) is 30.3 Å². The standard InChI is InChI=1S/C21H23N5O2/c1-4-25(2)21(28)22-17-12-10-15(11-13-17)18-14-19(26(3)24-18)23-20(27)16-8-6-5-7-9-16/h5-14H,4H2,1-3H3,(H,22,28)(H,23,27). The number of nitrogens with zero attached hydrogens (tertiary/aromatic N) is 3. The Morgan fingerprint density at radius 1 is 1.04 bits per heavy atom. The minimum atomic E-state index is -0.187. The molecule has 0 atom stereocenters. The number of aromatic nitrogens is 2. The van der Waals surface area contributed by atoms with Gasteiger partial charge in [0.25, 0.3) is 5.91 Å². The Morgan fingerprint density at radius 2 is 1.71 bits per heavy atom. The fraction of sp³-hybridized carbons (Fsp3) is 0.190. The van der Waals surface area contributed by atoms with Crippen molar-refractivity contribution in [2.75, 3.05) is 24.2 Å². The van der Waals surface area contributed by atoms with Crippen LogP contribution in [0.25, 0.3) is 11.3 Å². The summed E-state index contributed by atoms with van der Waals surface area (Å²) < 4.78 is 1.63. The maximum atomic E-state index is 12.3. The van der Waals surface area contributed by atoms with Gasteiger partial charge in [-0.25, -0.2) is 4.79 Å². The van der Waals surface area contributed by atoms with Gasteiger partial charge in [0.2, 0.25) is 0 Å². The van der Waals surface area contributed by atoms with Crippen LogP contribution in [0.1, 0.15) is 17.3 Å². The molecule has 0 saturated carbocycles. The van der Waals surface area contributed by atoms with Gasteiger partial charge in [0, 0.05) is 43.5 Å². The normalized spacial score (nSPS) is 10.4. The molecule has 0 aliphatic rings. The lowest BCUT2D eigenvalue weighted by atomic mass is 10.1. The lowest BCUT2D eigenvalue weighted by molar-refractivity contribution is 0.102. The first-order valence-electron chi connectivity index (χ1n) is 9.01. The quantitative estimate of drug-likeness (QED) is 0.709. The molecule has 7 nitrogen and oxygen atoms in total. The van der Waals surface area contributed by atoms with Crippen LogP contribution in [0.3, 0.4) is 0 Å². The Bertz CT molecular complexity index is 964. The van der Waals surface area contributed by atoms with Crippen molar-refractivity contribution >= 4 is 23.4 Å². The first-order valence-corrected chi connectivity index (χ1v) is 9.01. The maximum absolute atomic E-state index is 12.3. The molecule has 0 fully saturated rings. The average Bonchev–Trinajstić information content (AvgIpc) is 3.08. The monoisotopic (exact) mass is 377 g/mol. The number of hydrogen-bond donors (Lipinski definition) is 2. The second-order valence-corrected chi connectivity index (χ2v) is 6.38. The van der Waals surface area contributed by atoms with Gasteiger partial charge in [0.1, 0.15) is 5.82 Å². The van der Waals surface area contributed by atoms with Crippen molar-refractivity contribution in [2.24, 2.45) is 7.05 Å². The van der Waals surface area contributed by atoms with Crippen molar-refractivity contribution in [1.29, 1.82) is 0 Å². The minimum absolute atomic E-state index is 0.154. The maximum Gasteiger partial charge on any atom is 0.321 e. The van der Waals surface area contributed by atoms with E-state index in [1.165, 1.54) is 0 Å². The highest BCUT2D eigenvalue weighted by atomic mass is 16.2. The Balaban J connectivity index is 1.72. The Labute approximate surface area is 164 Å². The van der Waals surface area contributed by atoms with Crippen LogP contribution in [-0.4, -0.2) is 40.2 Å². The molecule has 0 spiro atoms. The molecule has 0 unspecified atom stereocenters. The van der Waals surface area contributed by atoms with Crippen LogP contribution in [0.15, 0.2) is 60.7 Å². The molecule has 0 aliphatic heterocycles. The van der Waals surface area contributed by atoms with Crippen molar-refractivity contribution in [1.82, 2.24) is 14.7 Å². The molecular weight excluding hydrogens is 354 g/mol. The molecular formula is C21H23N5O2.